The maximum Gasteiger partial charge on any atom is 0.325 e. The van der Waals surface area contributed by atoms with E-state index in [9.17, 15) is 14.4 Å². The molecule has 9 heteroatoms. The highest BCUT2D eigenvalue weighted by atomic mass is 35.5. The number of benzene rings is 2. The van der Waals surface area contributed by atoms with Crippen LogP contribution in [0, 0.1) is 0 Å². The fourth-order valence-corrected chi connectivity index (χ4v) is 3.74. The van der Waals surface area contributed by atoms with Crippen LogP contribution in [0.2, 0.25) is 5.02 Å². The average Bonchev–Trinajstić information content (AvgIpc) is 2.76. The molecule has 0 unspecified atom stereocenters. The molecule has 2 aromatic carbocycles. The molecule has 2 aromatic rings. The fourth-order valence-electron chi connectivity index (χ4n) is 3.62. The highest BCUT2D eigenvalue weighted by molar-refractivity contribution is 6.30. The minimum absolute atomic E-state index is 0. The van der Waals surface area contributed by atoms with Crippen molar-refractivity contribution in [3.63, 3.8) is 0 Å². The number of hydrogen-bond donors (Lipinski definition) is 4. The molecule has 0 saturated carbocycles. The van der Waals surface area contributed by atoms with Crippen LogP contribution in [-0.2, 0) is 27.3 Å². The molecule has 0 spiro atoms. The van der Waals surface area contributed by atoms with Crippen molar-refractivity contribution >= 4 is 41.8 Å². The van der Waals surface area contributed by atoms with Crippen LogP contribution in [0.3, 0.4) is 0 Å². The number of aliphatic carboxylic acids is 1. The Morgan fingerprint density at radius 1 is 1.12 bits per heavy atom. The molecule has 7 nitrogen and oxygen atoms in total. The molecule has 3 rings (SSSR count). The van der Waals surface area contributed by atoms with Crippen LogP contribution in [0.1, 0.15) is 36.0 Å². The van der Waals surface area contributed by atoms with Gasteiger partial charge in [-0.2, -0.15) is 0 Å². The van der Waals surface area contributed by atoms with Gasteiger partial charge in [0.15, 0.2) is 0 Å². The number of nitrogens with one attached hydrogen (secondary N) is 3. The Kier molecular flexibility index (Phi) is 9.50. The van der Waals surface area contributed by atoms with Crippen LogP contribution < -0.4 is 16.0 Å². The Bertz CT molecular complexity index is 953. The second-order valence-corrected chi connectivity index (χ2v) is 8.17. The zero-order valence-electron chi connectivity index (χ0n) is 17.6. The van der Waals surface area contributed by atoms with Crippen molar-refractivity contribution in [1.29, 1.82) is 0 Å². The van der Waals surface area contributed by atoms with Gasteiger partial charge in [0.25, 0.3) is 0 Å². The summed E-state index contributed by atoms with van der Waals surface area (Å²) in [5.41, 5.74) is 3.18. The molecule has 1 aliphatic heterocycles. The van der Waals surface area contributed by atoms with Gasteiger partial charge in [0.2, 0.25) is 11.8 Å². The van der Waals surface area contributed by atoms with Gasteiger partial charge in [-0.15, -0.1) is 12.4 Å². The van der Waals surface area contributed by atoms with E-state index >= 15 is 0 Å². The second kappa shape index (κ2) is 11.9. The number of carboxylic acid groups (broad SMARTS) is 1. The van der Waals surface area contributed by atoms with E-state index in [1.54, 1.807) is 12.1 Å². The Labute approximate surface area is 198 Å². The van der Waals surface area contributed by atoms with Crippen molar-refractivity contribution in [1.82, 2.24) is 16.0 Å². The number of rotatable bonds is 8. The Balaban J connectivity index is 0.00000363. The Morgan fingerprint density at radius 2 is 1.78 bits per heavy atom. The predicted octanol–water partition coefficient (Wildman–Crippen LogP) is 2.66. The van der Waals surface area contributed by atoms with E-state index in [0.717, 1.165) is 11.1 Å². The van der Waals surface area contributed by atoms with Gasteiger partial charge in [-0.1, -0.05) is 48.0 Å². The third-order valence-corrected chi connectivity index (χ3v) is 5.69. The maximum absolute atomic E-state index is 12.8. The highest BCUT2D eigenvalue weighted by Gasteiger charge is 2.25. The van der Waals surface area contributed by atoms with Crippen molar-refractivity contribution < 1.29 is 19.5 Å². The third kappa shape index (κ3) is 6.95. The number of carbonyl (C=O) groups excluding carboxylic acids is 2. The topological polar surface area (TPSA) is 108 Å². The van der Waals surface area contributed by atoms with Gasteiger partial charge in [-0.3, -0.25) is 14.4 Å². The summed E-state index contributed by atoms with van der Waals surface area (Å²) in [6.45, 7) is 2.28. The van der Waals surface area contributed by atoms with E-state index in [1.807, 2.05) is 36.4 Å². The molecular weight excluding hydrogens is 453 g/mol. The zero-order valence-corrected chi connectivity index (χ0v) is 19.2. The van der Waals surface area contributed by atoms with E-state index in [4.69, 9.17) is 16.7 Å². The molecule has 0 bridgehead atoms. The lowest BCUT2D eigenvalue weighted by molar-refractivity contribution is -0.141. The van der Waals surface area contributed by atoms with Crippen molar-refractivity contribution in [3.8, 4) is 0 Å². The number of fused-ring (bicyclic) bond motifs is 1. The summed E-state index contributed by atoms with van der Waals surface area (Å²) in [7, 11) is 0. The largest absolute Gasteiger partial charge is 0.480 e. The molecule has 172 valence electrons. The van der Waals surface area contributed by atoms with Crippen LogP contribution in [0.25, 0.3) is 0 Å². The van der Waals surface area contributed by atoms with Crippen LogP contribution in [0.5, 0.6) is 0 Å². The monoisotopic (exact) mass is 479 g/mol. The van der Waals surface area contributed by atoms with Crippen molar-refractivity contribution in [2.24, 2.45) is 0 Å². The number of carboxylic acids is 1. The van der Waals surface area contributed by atoms with Gasteiger partial charge in [0, 0.05) is 30.5 Å². The van der Waals surface area contributed by atoms with Gasteiger partial charge < -0.3 is 21.1 Å². The molecule has 0 fully saturated rings. The number of hydrogen-bond acceptors (Lipinski definition) is 4. The van der Waals surface area contributed by atoms with Crippen molar-refractivity contribution in [2.75, 3.05) is 6.54 Å². The number of amides is 2. The second-order valence-electron chi connectivity index (χ2n) is 7.73. The standard InChI is InChI=1S/C23H26ClN3O4.ClH/c1-14(23(30)31)27-21(28)11-18(15-6-8-19(24)9-7-15)13-26-22(29)20-10-16-4-2-3-5-17(16)12-25-20;/h2-9,14,18,20,25H,10-13H2,1H3,(H,26,29)(H,27,28)(H,30,31);1H/t14-,18+,20+;/m1./s1. The SMILES string of the molecule is C[C@@H](NC(=O)C[C@@H](CNC(=O)[C@@H]1Cc2ccccc2CN1)c1ccc(Cl)cc1)C(=O)O.Cl. The summed E-state index contributed by atoms with van der Waals surface area (Å²) >= 11 is 5.97. The molecule has 0 aromatic heterocycles. The minimum atomic E-state index is -1.10. The first kappa shape index (κ1) is 25.6. The highest BCUT2D eigenvalue weighted by Crippen LogP contribution is 2.22. The molecule has 0 aliphatic carbocycles. The van der Waals surface area contributed by atoms with Gasteiger partial charge in [0.1, 0.15) is 6.04 Å². The Hall–Kier alpha value is -2.61. The maximum atomic E-state index is 12.8. The van der Waals surface area contributed by atoms with Gasteiger partial charge in [-0.05, 0) is 42.2 Å². The number of halogens is 2. The van der Waals surface area contributed by atoms with E-state index in [0.29, 0.717) is 18.0 Å². The van der Waals surface area contributed by atoms with Crippen molar-refractivity contribution in [3.05, 3.63) is 70.2 Å². The first-order chi connectivity index (χ1) is 14.8. The predicted molar refractivity (Wildman–Crippen MR) is 125 cm³/mol. The summed E-state index contributed by atoms with van der Waals surface area (Å²) in [5.74, 6) is -1.95. The fraction of sp³-hybridized carbons (Fsp3) is 0.348. The Morgan fingerprint density at radius 3 is 2.44 bits per heavy atom. The van der Waals surface area contributed by atoms with Gasteiger partial charge in [0.05, 0.1) is 6.04 Å². The minimum Gasteiger partial charge on any atom is -0.480 e. The quantitative estimate of drug-likeness (QED) is 0.465. The third-order valence-electron chi connectivity index (χ3n) is 5.44. The van der Waals surface area contributed by atoms with E-state index < -0.39 is 17.9 Å². The molecule has 4 N–H and O–H groups in total. The smallest absolute Gasteiger partial charge is 0.325 e. The van der Waals surface area contributed by atoms with E-state index in [-0.39, 0.29) is 43.2 Å². The molecule has 3 atom stereocenters. The normalized spacial score (nSPS) is 16.6. The van der Waals surface area contributed by atoms with Crippen LogP contribution in [0.4, 0.5) is 0 Å². The zero-order chi connectivity index (χ0) is 22.4. The summed E-state index contributed by atoms with van der Waals surface area (Å²) in [5, 5.41) is 18.2. The van der Waals surface area contributed by atoms with Crippen LogP contribution in [0.15, 0.2) is 48.5 Å². The molecule has 32 heavy (non-hydrogen) atoms. The lowest BCUT2D eigenvalue weighted by atomic mass is 9.93. The average molecular weight is 480 g/mol. The molecule has 0 radical (unpaired) electrons. The molecular formula is C23H27Cl2N3O4. The van der Waals surface area contributed by atoms with E-state index in [1.165, 1.54) is 12.5 Å². The lowest BCUT2D eigenvalue weighted by Crippen LogP contribution is -2.48. The molecule has 0 saturated heterocycles. The molecule has 2 amide bonds. The van der Waals surface area contributed by atoms with Crippen LogP contribution in [-0.4, -0.2) is 41.5 Å². The summed E-state index contributed by atoms with van der Waals surface area (Å²) < 4.78 is 0. The van der Waals surface area contributed by atoms with Crippen LogP contribution >= 0.6 is 24.0 Å². The van der Waals surface area contributed by atoms with Gasteiger partial charge in [-0.25, -0.2) is 0 Å². The molecule has 1 heterocycles. The van der Waals surface area contributed by atoms with E-state index in [2.05, 4.69) is 16.0 Å². The summed E-state index contributed by atoms with van der Waals surface area (Å²) in [6, 6.07) is 13.8. The summed E-state index contributed by atoms with van der Waals surface area (Å²) in [6.07, 6.45) is 0.644. The van der Waals surface area contributed by atoms with Crippen molar-refractivity contribution in [2.45, 2.75) is 44.3 Å². The first-order valence-electron chi connectivity index (χ1n) is 10.2. The number of carbonyl (C=O) groups is 3. The lowest BCUT2D eigenvalue weighted by Gasteiger charge is -2.26. The molecule has 1 aliphatic rings. The summed E-state index contributed by atoms with van der Waals surface area (Å²) in [4.78, 5) is 36.2. The first-order valence-corrected chi connectivity index (χ1v) is 10.6. The van der Waals surface area contributed by atoms with Gasteiger partial charge >= 0.3 is 5.97 Å².